The highest BCUT2D eigenvalue weighted by atomic mass is 32.1. The van der Waals surface area contributed by atoms with Gasteiger partial charge in [-0.25, -0.2) is 4.98 Å². The lowest BCUT2D eigenvalue weighted by atomic mass is 9.91. The number of aromatic nitrogens is 1. The Kier molecular flexibility index (Phi) is 5.60. The van der Waals surface area contributed by atoms with Crippen molar-refractivity contribution in [1.82, 2.24) is 10.3 Å². The van der Waals surface area contributed by atoms with Crippen molar-refractivity contribution in [3.63, 3.8) is 0 Å². The summed E-state index contributed by atoms with van der Waals surface area (Å²) in [6.45, 7) is 7.19. The molecule has 1 aliphatic heterocycles. The van der Waals surface area contributed by atoms with E-state index < -0.39 is 0 Å². The molecule has 0 spiro atoms. The van der Waals surface area contributed by atoms with Gasteiger partial charge in [-0.3, -0.25) is 0 Å². The van der Waals surface area contributed by atoms with Crippen LogP contribution in [0.3, 0.4) is 0 Å². The summed E-state index contributed by atoms with van der Waals surface area (Å²) in [4.78, 5) is 4.58. The van der Waals surface area contributed by atoms with Crippen molar-refractivity contribution in [2.75, 3.05) is 19.8 Å². The average molecular weight is 268 g/mol. The van der Waals surface area contributed by atoms with Crippen LogP contribution >= 0.6 is 11.3 Å². The molecule has 0 aliphatic carbocycles. The van der Waals surface area contributed by atoms with Crippen molar-refractivity contribution in [2.45, 2.75) is 45.6 Å². The summed E-state index contributed by atoms with van der Waals surface area (Å²) in [5.74, 6) is 0.822. The lowest BCUT2D eigenvalue weighted by Gasteiger charge is -2.26. The molecule has 2 rings (SSSR count). The smallest absolute Gasteiger partial charge is 0.0897 e. The van der Waals surface area contributed by atoms with Gasteiger partial charge in [0, 0.05) is 31.1 Å². The fourth-order valence-corrected chi connectivity index (χ4v) is 3.29. The van der Waals surface area contributed by atoms with E-state index in [0.29, 0.717) is 6.04 Å². The number of hydrogen-bond donors (Lipinski definition) is 1. The van der Waals surface area contributed by atoms with Gasteiger partial charge >= 0.3 is 0 Å². The molecule has 1 aliphatic rings. The van der Waals surface area contributed by atoms with Gasteiger partial charge in [0.25, 0.3) is 0 Å². The standard InChI is InChI=1S/C14H24N2OS/c1-3-15-13(8-12-4-6-17-7-5-12)9-14-10-18-11(2)16-14/h10,12-13,15H,3-9H2,1-2H3. The molecule has 1 fully saturated rings. The highest BCUT2D eigenvalue weighted by Gasteiger charge is 2.19. The van der Waals surface area contributed by atoms with Crippen LogP contribution in [0.15, 0.2) is 5.38 Å². The molecule has 1 N–H and O–H groups in total. The summed E-state index contributed by atoms with van der Waals surface area (Å²) in [5, 5.41) is 6.98. The predicted octanol–water partition coefficient (Wildman–Crippen LogP) is 2.79. The van der Waals surface area contributed by atoms with Crippen LogP contribution in [0.1, 0.15) is 36.9 Å². The number of nitrogens with one attached hydrogen (secondary N) is 1. The minimum atomic E-state index is 0.569. The van der Waals surface area contributed by atoms with Crippen LogP contribution in [0.5, 0.6) is 0 Å². The number of nitrogens with zero attached hydrogens (tertiary/aromatic N) is 1. The zero-order valence-electron chi connectivity index (χ0n) is 11.4. The van der Waals surface area contributed by atoms with Crippen LogP contribution in [0, 0.1) is 12.8 Å². The third kappa shape index (κ3) is 4.34. The van der Waals surface area contributed by atoms with E-state index in [1.807, 2.05) is 0 Å². The molecule has 2 heterocycles. The Hall–Kier alpha value is -0.450. The first-order chi connectivity index (χ1) is 8.78. The Morgan fingerprint density at radius 3 is 2.89 bits per heavy atom. The number of thiazole rings is 1. The van der Waals surface area contributed by atoms with Crippen LogP contribution in [0.25, 0.3) is 0 Å². The zero-order valence-corrected chi connectivity index (χ0v) is 12.3. The molecule has 3 nitrogen and oxygen atoms in total. The van der Waals surface area contributed by atoms with E-state index in [1.54, 1.807) is 11.3 Å². The van der Waals surface area contributed by atoms with E-state index in [1.165, 1.54) is 30.0 Å². The maximum Gasteiger partial charge on any atom is 0.0897 e. The molecule has 4 heteroatoms. The van der Waals surface area contributed by atoms with Crippen LogP contribution in [-0.4, -0.2) is 30.8 Å². The largest absolute Gasteiger partial charge is 0.381 e. The molecule has 0 bridgehead atoms. The van der Waals surface area contributed by atoms with Crippen molar-refractivity contribution in [3.8, 4) is 0 Å². The summed E-state index contributed by atoms with van der Waals surface area (Å²) >= 11 is 1.75. The summed E-state index contributed by atoms with van der Waals surface area (Å²) in [6.07, 6.45) is 4.76. The van der Waals surface area contributed by atoms with Gasteiger partial charge in [0.05, 0.1) is 10.7 Å². The van der Waals surface area contributed by atoms with Crippen LogP contribution in [0.4, 0.5) is 0 Å². The molecule has 1 atom stereocenters. The molecule has 1 saturated heterocycles. The molecule has 1 aromatic rings. The van der Waals surface area contributed by atoms with E-state index in [4.69, 9.17) is 4.74 Å². The normalized spacial score (nSPS) is 19.0. The van der Waals surface area contributed by atoms with Crippen LogP contribution in [-0.2, 0) is 11.2 Å². The Balaban J connectivity index is 1.86. The zero-order chi connectivity index (χ0) is 12.8. The van der Waals surface area contributed by atoms with E-state index >= 15 is 0 Å². The lowest BCUT2D eigenvalue weighted by Crippen LogP contribution is -2.34. The molecule has 1 unspecified atom stereocenters. The van der Waals surface area contributed by atoms with Crippen molar-refractivity contribution < 1.29 is 4.74 Å². The Labute approximate surface area is 114 Å². The molecule has 1 aromatic heterocycles. The maximum absolute atomic E-state index is 5.43. The van der Waals surface area contributed by atoms with Gasteiger partial charge < -0.3 is 10.1 Å². The summed E-state index contributed by atoms with van der Waals surface area (Å²) < 4.78 is 5.43. The number of rotatable bonds is 6. The molecular weight excluding hydrogens is 244 g/mol. The number of aryl methyl sites for hydroxylation is 1. The first-order valence-corrected chi connectivity index (χ1v) is 7.88. The number of hydrogen-bond acceptors (Lipinski definition) is 4. The van der Waals surface area contributed by atoms with E-state index in [2.05, 4.69) is 29.5 Å². The minimum absolute atomic E-state index is 0.569. The van der Waals surface area contributed by atoms with Crippen LogP contribution in [0.2, 0.25) is 0 Å². The predicted molar refractivity (Wildman–Crippen MR) is 76.2 cm³/mol. The Morgan fingerprint density at radius 2 is 2.28 bits per heavy atom. The summed E-state index contributed by atoms with van der Waals surface area (Å²) in [6, 6.07) is 0.569. The van der Waals surface area contributed by atoms with E-state index in [9.17, 15) is 0 Å². The topological polar surface area (TPSA) is 34.2 Å². The second kappa shape index (κ2) is 7.22. The molecule has 0 saturated carbocycles. The minimum Gasteiger partial charge on any atom is -0.381 e. The maximum atomic E-state index is 5.43. The second-order valence-electron chi connectivity index (χ2n) is 5.11. The molecule has 0 radical (unpaired) electrons. The fraction of sp³-hybridized carbons (Fsp3) is 0.786. The van der Waals surface area contributed by atoms with Crippen molar-refractivity contribution in [1.29, 1.82) is 0 Å². The number of ether oxygens (including phenoxy) is 1. The van der Waals surface area contributed by atoms with Gasteiger partial charge in [-0.2, -0.15) is 0 Å². The first kappa shape index (κ1) is 14.0. The van der Waals surface area contributed by atoms with E-state index in [-0.39, 0.29) is 0 Å². The third-order valence-corrected chi connectivity index (χ3v) is 4.40. The summed E-state index contributed by atoms with van der Waals surface area (Å²) in [7, 11) is 0. The van der Waals surface area contributed by atoms with Gasteiger partial charge in [-0.05, 0) is 38.6 Å². The van der Waals surface area contributed by atoms with E-state index in [0.717, 1.165) is 32.1 Å². The van der Waals surface area contributed by atoms with Crippen LogP contribution < -0.4 is 5.32 Å². The highest BCUT2D eigenvalue weighted by Crippen LogP contribution is 2.22. The van der Waals surface area contributed by atoms with Gasteiger partial charge in [0.2, 0.25) is 0 Å². The quantitative estimate of drug-likeness (QED) is 0.861. The SMILES string of the molecule is CCNC(Cc1csc(C)n1)CC1CCOCC1. The average Bonchev–Trinajstić information content (AvgIpc) is 2.76. The van der Waals surface area contributed by atoms with Gasteiger partial charge in [0.1, 0.15) is 0 Å². The molecule has 0 aromatic carbocycles. The lowest BCUT2D eigenvalue weighted by molar-refractivity contribution is 0.0606. The first-order valence-electron chi connectivity index (χ1n) is 7.00. The molecular formula is C14H24N2OS. The Morgan fingerprint density at radius 1 is 1.50 bits per heavy atom. The molecule has 0 amide bonds. The van der Waals surface area contributed by atoms with Gasteiger partial charge in [0.15, 0.2) is 0 Å². The molecule has 18 heavy (non-hydrogen) atoms. The van der Waals surface area contributed by atoms with Crippen molar-refractivity contribution >= 4 is 11.3 Å². The third-order valence-electron chi connectivity index (χ3n) is 3.57. The Bertz CT molecular complexity index is 347. The van der Waals surface area contributed by atoms with Crippen molar-refractivity contribution in [3.05, 3.63) is 16.1 Å². The van der Waals surface area contributed by atoms with Gasteiger partial charge in [-0.15, -0.1) is 11.3 Å². The summed E-state index contributed by atoms with van der Waals surface area (Å²) in [5.41, 5.74) is 1.25. The second-order valence-corrected chi connectivity index (χ2v) is 6.17. The molecule has 102 valence electrons. The van der Waals surface area contributed by atoms with Crippen molar-refractivity contribution in [2.24, 2.45) is 5.92 Å². The highest BCUT2D eigenvalue weighted by molar-refractivity contribution is 7.09. The fourth-order valence-electron chi connectivity index (χ4n) is 2.67. The monoisotopic (exact) mass is 268 g/mol. The van der Waals surface area contributed by atoms with Gasteiger partial charge in [-0.1, -0.05) is 6.92 Å². The number of likely N-dealkylation sites (N-methyl/N-ethyl adjacent to an activating group) is 1.